The van der Waals surface area contributed by atoms with E-state index in [0.717, 1.165) is 35.4 Å². The molecule has 5 aromatic heterocycles. The predicted octanol–water partition coefficient (Wildman–Crippen LogP) is 5.12. The first-order valence-electron chi connectivity index (χ1n) is 12.8. The number of halogens is 1. The van der Waals surface area contributed by atoms with Crippen molar-refractivity contribution in [3.63, 3.8) is 0 Å². The molecule has 0 atom stereocenters. The fourth-order valence-corrected chi connectivity index (χ4v) is 4.73. The van der Waals surface area contributed by atoms with Crippen LogP contribution >= 0.6 is 0 Å². The summed E-state index contributed by atoms with van der Waals surface area (Å²) in [6.45, 7) is 10.0. The van der Waals surface area contributed by atoms with Crippen LogP contribution in [0.15, 0.2) is 74.2 Å². The van der Waals surface area contributed by atoms with Gasteiger partial charge >= 0.3 is 0 Å². The molecule has 0 spiro atoms. The van der Waals surface area contributed by atoms with Crippen LogP contribution in [0.25, 0.3) is 51.2 Å². The van der Waals surface area contributed by atoms with E-state index in [9.17, 15) is 0 Å². The summed E-state index contributed by atoms with van der Waals surface area (Å²) in [6, 6.07) is 5.63. The summed E-state index contributed by atoms with van der Waals surface area (Å²) in [4.78, 5) is 20.9. The van der Waals surface area contributed by atoms with Gasteiger partial charge in [0.2, 0.25) is 0 Å². The fraction of sp³-hybridized carbons (Fsp3) is 0.167. The van der Waals surface area contributed by atoms with E-state index < -0.39 is 5.83 Å². The summed E-state index contributed by atoms with van der Waals surface area (Å²) in [5.74, 6) is 0.361. The van der Waals surface area contributed by atoms with Gasteiger partial charge in [0.05, 0.1) is 34.2 Å². The molecule has 0 radical (unpaired) electrons. The Morgan fingerprint density at radius 3 is 2.69 bits per heavy atom. The Bertz CT molecular complexity index is 1830. The summed E-state index contributed by atoms with van der Waals surface area (Å²) in [5, 5.41) is 11.5. The molecule has 0 bridgehead atoms. The Labute approximate surface area is 224 Å². The molecule has 0 unspecified atom stereocenters. The van der Waals surface area contributed by atoms with Gasteiger partial charge in [-0.25, -0.2) is 9.37 Å². The number of nitrogens with zero attached hydrogens (tertiary/aromatic N) is 5. The van der Waals surface area contributed by atoms with E-state index in [1.165, 1.54) is 6.42 Å². The van der Waals surface area contributed by atoms with E-state index in [0.29, 0.717) is 39.4 Å². The minimum atomic E-state index is -0.519. The second-order valence-electron chi connectivity index (χ2n) is 9.59. The number of H-pyrrole nitrogens is 2. The molecule has 0 saturated heterocycles. The molecule has 3 N–H and O–H groups in total. The van der Waals surface area contributed by atoms with Gasteiger partial charge in [0.25, 0.3) is 0 Å². The number of aromatic nitrogens is 7. The first-order chi connectivity index (χ1) is 19.0. The Hall–Kier alpha value is -4.92. The van der Waals surface area contributed by atoms with Crippen molar-refractivity contribution in [2.45, 2.75) is 26.2 Å². The van der Waals surface area contributed by atoms with Crippen LogP contribution < -0.4 is 15.9 Å². The molecule has 0 aromatic carbocycles. The minimum absolute atomic E-state index is 0.194. The maximum atomic E-state index is 16.2. The highest BCUT2D eigenvalue weighted by molar-refractivity contribution is 5.95. The van der Waals surface area contributed by atoms with E-state index in [-0.39, 0.29) is 10.8 Å². The zero-order chi connectivity index (χ0) is 26.9. The predicted molar refractivity (Wildman–Crippen MR) is 152 cm³/mol. The largest absolute Gasteiger partial charge is 0.358 e. The van der Waals surface area contributed by atoms with Crippen LogP contribution in [0.3, 0.4) is 0 Å². The first kappa shape index (κ1) is 24.4. The molecule has 0 amide bonds. The lowest BCUT2D eigenvalue weighted by atomic mass is 9.83. The van der Waals surface area contributed by atoms with E-state index in [4.69, 9.17) is 4.98 Å². The van der Waals surface area contributed by atoms with Gasteiger partial charge in [0.15, 0.2) is 5.82 Å². The van der Waals surface area contributed by atoms with Gasteiger partial charge < -0.3 is 10.3 Å². The number of rotatable bonds is 7. The average molecular weight is 519 g/mol. The van der Waals surface area contributed by atoms with Crippen molar-refractivity contribution in [3.8, 4) is 22.6 Å². The summed E-state index contributed by atoms with van der Waals surface area (Å²) >= 11 is 0. The van der Waals surface area contributed by atoms with Crippen LogP contribution in [0.2, 0.25) is 0 Å². The number of aromatic amines is 2. The van der Waals surface area contributed by atoms with Crippen LogP contribution in [0.5, 0.6) is 0 Å². The van der Waals surface area contributed by atoms with E-state index in [2.05, 4.69) is 48.6 Å². The van der Waals surface area contributed by atoms with E-state index >= 15 is 4.39 Å². The van der Waals surface area contributed by atoms with Crippen molar-refractivity contribution in [2.75, 3.05) is 5.32 Å². The highest BCUT2D eigenvalue weighted by Gasteiger charge is 2.21. The normalized spacial score (nSPS) is 14.8. The second kappa shape index (κ2) is 10.1. The molecule has 1 fully saturated rings. The Morgan fingerprint density at radius 2 is 1.95 bits per heavy atom. The molecular formula is C30H27FN8. The molecule has 5 heterocycles. The third kappa shape index (κ3) is 4.52. The lowest BCUT2D eigenvalue weighted by Gasteiger charge is -2.28. The lowest BCUT2D eigenvalue weighted by Crippen LogP contribution is -2.26. The molecule has 6 rings (SSSR count). The van der Waals surface area contributed by atoms with E-state index in [1.54, 1.807) is 43.3 Å². The van der Waals surface area contributed by atoms with Crippen LogP contribution in [0.1, 0.15) is 31.7 Å². The summed E-state index contributed by atoms with van der Waals surface area (Å²) in [7, 11) is 0. The molecule has 5 aromatic rings. The third-order valence-corrected chi connectivity index (χ3v) is 7.15. The van der Waals surface area contributed by atoms with Crippen LogP contribution in [0, 0.1) is 5.92 Å². The number of hydrogen-bond acceptors (Lipinski definition) is 6. The SMILES string of the molecule is C=C(/C(F)=c1/c(-c2nc3c(-c4cccnc4)cncc3[nH]2)n[nH]/c1=C/C)c1cncc(NC(=C)C2CCC2)c1. The zero-order valence-electron chi connectivity index (χ0n) is 21.5. The molecule has 9 heteroatoms. The van der Waals surface area contributed by atoms with Crippen molar-refractivity contribution in [3.05, 3.63) is 90.4 Å². The Balaban J connectivity index is 1.42. The first-order valence-corrected chi connectivity index (χ1v) is 12.8. The number of nitrogens with one attached hydrogen (secondary N) is 3. The molecular weight excluding hydrogens is 491 g/mol. The van der Waals surface area contributed by atoms with Crippen molar-refractivity contribution in [1.29, 1.82) is 0 Å². The fourth-order valence-electron chi connectivity index (χ4n) is 4.73. The molecule has 39 heavy (non-hydrogen) atoms. The van der Waals surface area contributed by atoms with Gasteiger partial charge in [-0.2, -0.15) is 5.10 Å². The summed E-state index contributed by atoms with van der Waals surface area (Å²) < 4.78 is 16.2. The van der Waals surface area contributed by atoms with Crippen LogP contribution in [0.4, 0.5) is 10.1 Å². The van der Waals surface area contributed by atoms with Crippen molar-refractivity contribution >= 4 is 34.2 Å². The molecule has 1 aliphatic rings. The highest BCUT2D eigenvalue weighted by atomic mass is 19.1. The minimum Gasteiger partial charge on any atom is -0.358 e. The van der Waals surface area contributed by atoms with Crippen LogP contribution in [-0.4, -0.2) is 35.1 Å². The summed E-state index contributed by atoms with van der Waals surface area (Å²) in [5.41, 5.74) is 5.90. The standard InChI is InChI=1S/C30H27FN8/c1-4-24-26(27(31)17(2)21-11-22(14-33-13-21)35-18(3)19-7-5-8-19)29(39-38-24)30-36-25-16-34-15-23(28(25)37-30)20-9-6-10-32-12-20/h4,6,9-16,19,35,38H,2-3,5,7-8H2,1H3,(H,36,37)/b24-4+,27-26-. The van der Waals surface area contributed by atoms with Crippen molar-refractivity contribution < 1.29 is 4.39 Å². The Morgan fingerprint density at radius 1 is 1.10 bits per heavy atom. The van der Waals surface area contributed by atoms with Crippen molar-refractivity contribution in [1.82, 2.24) is 35.1 Å². The maximum absolute atomic E-state index is 16.2. The van der Waals surface area contributed by atoms with Gasteiger partial charge in [0, 0.05) is 52.7 Å². The number of fused-ring (bicyclic) bond motifs is 1. The monoisotopic (exact) mass is 518 g/mol. The Kier molecular flexibility index (Phi) is 6.32. The van der Waals surface area contributed by atoms with Crippen LogP contribution in [-0.2, 0) is 0 Å². The lowest BCUT2D eigenvalue weighted by molar-refractivity contribution is 0.371. The van der Waals surface area contributed by atoms with Gasteiger partial charge in [-0.1, -0.05) is 31.7 Å². The molecule has 1 saturated carbocycles. The van der Waals surface area contributed by atoms with Gasteiger partial charge in [0.1, 0.15) is 17.0 Å². The molecule has 194 valence electrons. The third-order valence-electron chi connectivity index (χ3n) is 7.15. The quantitative estimate of drug-likeness (QED) is 0.276. The van der Waals surface area contributed by atoms with Gasteiger partial charge in [-0.15, -0.1) is 0 Å². The smallest absolute Gasteiger partial charge is 0.159 e. The topological polar surface area (TPSA) is 108 Å². The second-order valence-corrected chi connectivity index (χ2v) is 9.59. The van der Waals surface area contributed by atoms with Gasteiger partial charge in [-0.3, -0.25) is 20.1 Å². The number of imidazole rings is 1. The molecule has 8 nitrogen and oxygen atoms in total. The number of allylic oxidation sites excluding steroid dienone is 2. The number of hydrogen-bond donors (Lipinski definition) is 3. The highest BCUT2D eigenvalue weighted by Crippen LogP contribution is 2.33. The van der Waals surface area contributed by atoms with E-state index in [1.807, 2.05) is 25.1 Å². The molecule has 0 aliphatic heterocycles. The zero-order valence-corrected chi connectivity index (χ0v) is 21.5. The molecule has 1 aliphatic carbocycles. The maximum Gasteiger partial charge on any atom is 0.159 e. The van der Waals surface area contributed by atoms with Crippen molar-refractivity contribution in [2.24, 2.45) is 5.92 Å². The summed E-state index contributed by atoms with van der Waals surface area (Å²) in [6.07, 6.45) is 15.4. The van der Waals surface area contributed by atoms with Gasteiger partial charge in [-0.05, 0) is 37.8 Å². The number of pyridine rings is 3. The average Bonchev–Trinajstić information content (AvgIpc) is 3.56. The number of anilines is 1.